The van der Waals surface area contributed by atoms with E-state index < -0.39 is 0 Å². The zero-order chi connectivity index (χ0) is 20.6. The number of anilines is 2. The molecule has 4 nitrogen and oxygen atoms in total. The quantitative estimate of drug-likeness (QED) is 0.448. The fourth-order valence-corrected chi connectivity index (χ4v) is 3.26. The molecule has 4 rings (SSSR count). The van der Waals surface area contributed by atoms with Gasteiger partial charge in [-0.05, 0) is 29.3 Å². The van der Waals surface area contributed by atoms with E-state index in [9.17, 15) is 4.79 Å². The third-order valence-corrected chi connectivity index (χ3v) is 4.82. The highest BCUT2D eigenvalue weighted by atomic mass is 16.2. The average Bonchev–Trinajstić information content (AvgIpc) is 2.83. The first kappa shape index (κ1) is 19.4. The maximum Gasteiger partial charge on any atom is 0.260 e. The molecule has 0 aliphatic rings. The van der Waals surface area contributed by atoms with Gasteiger partial charge in [-0.25, -0.2) is 0 Å². The number of nitrogens with zero attached hydrogens (tertiary/aromatic N) is 2. The van der Waals surface area contributed by atoms with Crippen molar-refractivity contribution in [2.24, 2.45) is 0 Å². The van der Waals surface area contributed by atoms with Crippen LogP contribution in [-0.4, -0.2) is 10.9 Å². The standard InChI is InChI=1S/C26H23N3O/c30-26(23-16-24(19-27-18-23)28-17-21-10-4-1-5-11-21)29(25-14-8-3-9-15-25)20-22-12-6-2-7-13-22/h1-16,18-19,28H,17,20H2. The van der Waals surface area contributed by atoms with E-state index in [1.54, 1.807) is 17.3 Å². The summed E-state index contributed by atoms with van der Waals surface area (Å²) < 4.78 is 0. The van der Waals surface area contributed by atoms with E-state index in [1.807, 2.05) is 84.9 Å². The molecule has 0 radical (unpaired) electrons. The van der Waals surface area contributed by atoms with Crippen LogP contribution < -0.4 is 10.2 Å². The number of hydrogen-bond acceptors (Lipinski definition) is 3. The molecule has 1 N–H and O–H groups in total. The lowest BCUT2D eigenvalue weighted by molar-refractivity contribution is 0.0985. The lowest BCUT2D eigenvalue weighted by atomic mass is 10.1. The lowest BCUT2D eigenvalue weighted by Gasteiger charge is -2.23. The number of hydrogen-bond donors (Lipinski definition) is 1. The molecular weight excluding hydrogens is 370 g/mol. The van der Waals surface area contributed by atoms with Gasteiger partial charge in [0.25, 0.3) is 5.91 Å². The van der Waals surface area contributed by atoms with Gasteiger partial charge in [0.1, 0.15) is 0 Å². The molecule has 1 heterocycles. The van der Waals surface area contributed by atoms with Crippen molar-refractivity contribution in [3.8, 4) is 0 Å². The number of benzene rings is 3. The molecule has 0 aliphatic carbocycles. The molecular formula is C26H23N3O. The van der Waals surface area contributed by atoms with Crippen molar-refractivity contribution >= 4 is 17.3 Å². The summed E-state index contributed by atoms with van der Waals surface area (Å²) in [6.45, 7) is 1.16. The highest BCUT2D eigenvalue weighted by Gasteiger charge is 2.19. The van der Waals surface area contributed by atoms with Crippen molar-refractivity contribution < 1.29 is 4.79 Å². The maximum atomic E-state index is 13.4. The van der Waals surface area contributed by atoms with Crippen molar-refractivity contribution in [2.45, 2.75) is 13.1 Å². The number of rotatable bonds is 7. The Labute approximate surface area is 176 Å². The summed E-state index contributed by atoms with van der Waals surface area (Å²) in [5, 5.41) is 3.35. The van der Waals surface area contributed by atoms with Gasteiger partial charge in [-0.1, -0.05) is 78.9 Å². The monoisotopic (exact) mass is 393 g/mol. The second-order valence-electron chi connectivity index (χ2n) is 7.01. The molecule has 0 spiro atoms. The van der Waals surface area contributed by atoms with Crippen LogP contribution in [0.2, 0.25) is 0 Å². The fraction of sp³-hybridized carbons (Fsp3) is 0.0769. The Bertz CT molecular complexity index is 1080. The van der Waals surface area contributed by atoms with Crippen LogP contribution in [0.25, 0.3) is 0 Å². The Morgan fingerprint density at radius 1 is 0.767 bits per heavy atom. The molecule has 0 saturated heterocycles. The molecule has 1 amide bonds. The third-order valence-electron chi connectivity index (χ3n) is 4.82. The lowest BCUT2D eigenvalue weighted by Crippen LogP contribution is -2.30. The summed E-state index contributed by atoms with van der Waals surface area (Å²) >= 11 is 0. The summed E-state index contributed by atoms with van der Waals surface area (Å²) in [7, 11) is 0. The number of nitrogens with one attached hydrogen (secondary N) is 1. The van der Waals surface area contributed by atoms with Gasteiger partial charge in [-0.3, -0.25) is 9.78 Å². The molecule has 0 saturated carbocycles. The number of amides is 1. The van der Waals surface area contributed by atoms with Crippen LogP contribution in [0.5, 0.6) is 0 Å². The smallest absolute Gasteiger partial charge is 0.260 e. The minimum absolute atomic E-state index is 0.0825. The molecule has 0 atom stereocenters. The summed E-state index contributed by atoms with van der Waals surface area (Å²) in [6.07, 6.45) is 3.36. The molecule has 0 fully saturated rings. The predicted molar refractivity (Wildman–Crippen MR) is 121 cm³/mol. The molecule has 0 bridgehead atoms. The Morgan fingerprint density at radius 2 is 1.37 bits per heavy atom. The van der Waals surface area contributed by atoms with Crippen LogP contribution in [0.15, 0.2) is 109 Å². The van der Waals surface area contributed by atoms with Crippen molar-refractivity contribution in [1.82, 2.24) is 4.98 Å². The average molecular weight is 393 g/mol. The van der Waals surface area contributed by atoms with Crippen LogP contribution >= 0.6 is 0 Å². The van der Waals surface area contributed by atoms with Gasteiger partial charge in [0.05, 0.1) is 17.8 Å². The number of aromatic nitrogens is 1. The highest BCUT2D eigenvalue weighted by molar-refractivity contribution is 6.06. The normalized spacial score (nSPS) is 10.4. The van der Waals surface area contributed by atoms with Crippen LogP contribution in [0.1, 0.15) is 21.5 Å². The van der Waals surface area contributed by atoms with E-state index in [4.69, 9.17) is 0 Å². The van der Waals surface area contributed by atoms with Crippen LogP contribution in [0.4, 0.5) is 11.4 Å². The van der Waals surface area contributed by atoms with Crippen LogP contribution in [0, 0.1) is 0 Å². The molecule has 148 valence electrons. The largest absolute Gasteiger partial charge is 0.380 e. The Kier molecular flexibility index (Phi) is 6.16. The number of pyridine rings is 1. The number of para-hydroxylation sites is 1. The van der Waals surface area contributed by atoms with Crippen LogP contribution in [-0.2, 0) is 13.1 Å². The minimum Gasteiger partial charge on any atom is -0.380 e. The van der Waals surface area contributed by atoms with Crippen molar-refractivity contribution in [3.63, 3.8) is 0 Å². The first-order valence-electron chi connectivity index (χ1n) is 9.93. The first-order valence-corrected chi connectivity index (χ1v) is 9.93. The van der Waals surface area contributed by atoms with E-state index in [0.717, 1.165) is 16.9 Å². The van der Waals surface area contributed by atoms with Gasteiger partial charge in [0.2, 0.25) is 0 Å². The Morgan fingerprint density at radius 3 is 2.03 bits per heavy atom. The summed E-state index contributed by atoms with van der Waals surface area (Å²) in [5.74, 6) is -0.0825. The fourth-order valence-electron chi connectivity index (χ4n) is 3.26. The van der Waals surface area contributed by atoms with Gasteiger partial charge >= 0.3 is 0 Å². The van der Waals surface area contributed by atoms with Gasteiger partial charge in [-0.15, -0.1) is 0 Å². The van der Waals surface area contributed by atoms with E-state index >= 15 is 0 Å². The van der Waals surface area contributed by atoms with Crippen molar-refractivity contribution in [3.05, 3.63) is 126 Å². The maximum absolute atomic E-state index is 13.4. The molecule has 0 aliphatic heterocycles. The van der Waals surface area contributed by atoms with E-state index in [-0.39, 0.29) is 5.91 Å². The summed E-state index contributed by atoms with van der Waals surface area (Å²) in [5.41, 5.74) is 4.46. The molecule has 30 heavy (non-hydrogen) atoms. The first-order chi connectivity index (χ1) is 14.8. The highest BCUT2D eigenvalue weighted by Crippen LogP contribution is 2.21. The zero-order valence-electron chi connectivity index (χ0n) is 16.6. The number of carbonyl (C=O) groups is 1. The van der Waals surface area contributed by atoms with E-state index in [2.05, 4.69) is 22.4 Å². The van der Waals surface area contributed by atoms with Crippen LogP contribution in [0.3, 0.4) is 0 Å². The third kappa shape index (κ3) is 4.92. The van der Waals surface area contributed by atoms with Crippen molar-refractivity contribution in [2.75, 3.05) is 10.2 Å². The van der Waals surface area contributed by atoms with E-state index in [0.29, 0.717) is 18.7 Å². The number of carbonyl (C=O) groups excluding carboxylic acids is 1. The summed E-state index contributed by atoms with van der Waals surface area (Å²) in [4.78, 5) is 19.5. The second kappa shape index (κ2) is 9.52. The van der Waals surface area contributed by atoms with Gasteiger partial charge < -0.3 is 10.2 Å². The van der Waals surface area contributed by atoms with Gasteiger partial charge in [0.15, 0.2) is 0 Å². The topological polar surface area (TPSA) is 45.2 Å². The predicted octanol–water partition coefficient (Wildman–Crippen LogP) is 5.54. The molecule has 3 aromatic carbocycles. The molecule has 4 heteroatoms. The molecule has 4 aromatic rings. The Balaban J connectivity index is 1.56. The van der Waals surface area contributed by atoms with Gasteiger partial charge in [-0.2, -0.15) is 0 Å². The minimum atomic E-state index is -0.0825. The summed E-state index contributed by atoms with van der Waals surface area (Å²) in [6, 6.07) is 31.7. The second-order valence-corrected chi connectivity index (χ2v) is 7.01. The molecule has 1 aromatic heterocycles. The molecule has 0 unspecified atom stereocenters. The SMILES string of the molecule is O=C(c1cncc(NCc2ccccc2)c1)N(Cc1ccccc1)c1ccccc1. The van der Waals surface area contributed by atoms with Crippen molar-refractivity contribution in [1.29, 1.82) is 0 Å². The van der Waals surface area contributed by atoms with E-state index in [1.165, 1.54) is 5.56 Å². The zero-order valence-corrected chi connectivity index (χ0v) is 16.6. The Hall–Kier alpha value is -3.92. The van der Waals surface area contributed by atoms with Gasteiger partial charge in [0, 0.05) is 24.6 Å².